The number of aryl methyl sites for hydroxylation is 3. The van der Waals surface area contributed by atoms with Crippen molar-refractivity contribution in [2.75, 3.05) is 0 Å². The van der Waals surface area contributed by atoms with E-state index in [4.69, 9.17) is 4.98 Å². The summed E-state index contributed by atoms with van der Waals surface area (Å²) in [7, 11) is 0. The summed E-state index contributed by atoms with van der Waals surface area (Å²) in [6, 6.07) is 4.25. The average Bonchev–Trinajstić information content (AvgIpc) is 2.41. The van der Waals surface area contributed by atoms with Crippen LogP contribution in [0.4, 0.5) is 0 Å². The number of benzene rings is 1. The molecule has 1 heterocycles. The Hall–Kier alpha value is -1.41. The Labute approximate surface area is 108 Å². The van der Waals surface area contributed by atoms with Gasteiger partial charge in [-0.3, -0.25) is 4.98 Å². The molecule has 2 aromatic rings. The number of hydrogen-bond acceptors (Lipinski definition) is 2. The summed E-state index contributed by atoms with van der Waals surface area (Å²) in [6.45, 7) is 4.37. The SMILES string of the molecule is Cc1ccc2c(CO)c3c(nc2c1C)CCCC3. The zero-order chi connectivity index (χ0) is 12.7. The molecular formula is C16H19NO. The fraction of sp³-hybridized carbons (Fsp3) is 0.438. The van der Waals surface area contributed by atoms with Crippen LogP contribution in [0.25, 0.3) is 10.9 Å². The molecule has 0 spiro atoms. The van der Waals surface area contributed by atoms with Crippen LogP contribution < -0.4 is 0 Å². The number of aliphatic hydroxyl groups is 1. The Morgan fingerprint density at radius 3 is 2.72 bits per heavy atom. The maximum atomic E-state index is 9.72. The molecule has 1 aliphatic carbocycles. The highest BCUT2D eigenvalue weighted by atomic mass is 16.3. The van der Waals surface area contributed by atoms with Crippen LogP contribution in [0.3, 0.4) is 0 Å². The van der Waals surface area contributed by atoms with Crippen molar-refractivity contribution < 1.29 is 5.11 Å². The van der Waals surface area contributed by atoms with E-state index in [2.05, 4.69) is 26.0 Å². The van der Waals surface area contributed by atoms with Crippen LogP contribution in [-0.4, -0.2) is 10.1 Å². The van der Waals surface area contributed by atoms with Crippen LogP contribution in [-0.2, 0) is 19.4 Å². The Bertz CT molecular complexity index is 616. The van der Waals surface area contributed by atoms with Crippen LogP contribution in [0.15, 0.2) is 12.1 Å². The van der Waals surface area contributed by atoms with E-state index in [0.29, 0.717) is 0 Å². The van der Waals surface area contributed by atoms with E-state index in [1.54, 1.807) is 0 Å². The minimum atomic E-state index is 0.129. The first-order valence-corrected chi connectivity index (χ1v) is 6.73. The summed E-state index contributed by atoms with van der Waals surface area (Å²) >= 11 is 0. The first-order valence-electron chi connectivity index (χ1n) is 6.73. The maximum Gasteiger partial charge on any atom is 0.0740 e. The molecule has 2 nitrogen and oxygen atoms in total. The van der Waals surface area contributed by atoms with Gasteiger partial charge in [0.1, 0.15) is 0 Å². The van der Waals surface area contributed by atoms with Crippen LogP contribution >= 0.6 is 0 Å². The number of rotatable bonds is 1. The number of fused-ring (bicyclic) bond motifs is 2. The normalized spacial score (nSPS) is 14.8. The highest BCUT2D eigenvalue weighted by Crippen LogP contribution is 2.31. The van der Waals surface area contributed by atoms with Crippen molar-refractivity contribution in [3.8, 4) is 0 Å². The average molecular weight is 241 g/mol. The highest BCUT2D eigenvalue weighted by molar-refractivity contribution is 5.87. The molecule has 2 heteroatoms. The molecule has 0 atom stereocenters. The number of aromatic nitrogens is 1. The molecule has 0 radical (unpaired) electrons. The summed E-state index contributed by atoms with van der Waals surface area (Å²) < 4.78 is 0. The van der Waals surface area contributed by atoms with Gasteiger partial charge < -0.3 is 5.11 Å². The summed E-state index contributed by atoms with van der Waals surface area (Å²) in [4.78, 5) is 4.87. The molecule has 94 valence electrons. The molecule has 0 saturated heterocycles. The molecular weight excluding hydrogens is 222 g/mol. The van der Waals surface area contributed by atoms with E-state index in [1.807, 2.05) is 0 Å². The monoisotopic (exact) mass is 241 g/mol. The van der Waals surface area contributed by atoms with E-state index < -0.39 is 0 Å². The quantitative estimate of drug-likeness (QED) is 0.831. The molecule has 0 saturated carbocycles. The fourth-order valence-corrected chi connectivity index (χ4v) is 3.00. The van der Waals surface area contributed by atoms with Crippen molar-refractivity contribution >= 4 is 10.9 Å². The molecule has 0 bridgehead atoms. The Balaban J connectivity index is 2.40. The second-order valence-corrected chi connectivity index (χ2v) is 5.28. The topological polar surface area (TPSA) is 33.1 Å². The van der Waals surface area contributed by atoms with Crippen molar-refractivity contribution in [1.82, 2.24) is 4.98 Å². The van der Waals surface area contributed by atoms with Crippen LogP contribution in [0.2, 0.25) is 0 Å². The third-order valence-corrected chi connectivity index (χ3v) is 4.23. The lowest BCUT2D eigenvalue weighted by Crippen LogP contribution is -2.10. The number of nitrogens with zero attached hydrogens (tertiary/aromatic N) is 1. The molecule has 3 rings (SSSR count). The van der Waals surface area contributed by atoms with Gasteiger partial charge in [0.25, 0.3) is 0 Å². The van der Waals surface area contributed by atoms with Gasteiger partial charge in [-0.2, -0.15) is 0 Å². The predicted molar refractivity (Wildman–Crippen MR) is 73.8 cm³/mol. The van der Waals surface area contributed by atoms with Gasteiger partial charge >= 0.3 is 0 Å². The fourth-order valence-electron chi connectivity index (χ4n) is 3.00. The molecule has 1 aliphatic rings. The predicted octanol–water partition coefficient (Wildman–Crippen LogP) is 3.22. The molecule has 0 unspecified atom stereocenters. The van der Waals surface area contributed by atoms with Crippen molar-refractivity contribution in [2.24, 2.45) is 0 Å². The standard InChI is InChI=1S/C16H19NO/c1-10-7-8-13-14(9-18)12-5-3-4-6-15(12)17-16(13)11(10)2/h7-8,18H,3-6,9H2,1-2H3. The molecule has 1 aromatic carbocycles. The van der Waals surface area contributed by atoms with Gasteiger partial charge in [-0.05, 0) is 61.8 Å². The number of hydrogen-bond donors (Lipinski definition) is 1. The molecule has 1 N–H and O–H groups in total. The minimum absolute atomic E-state index is 0.129. The largest absolute Gasteiger partial charge is 0.392 e. The minimum Gasteiger partial charge on any atom is -0.392 e. The van der Waals surface area contributed by atoms with E-state index >= 15 is 0 Å². The van der Waals surface area contributed by atoms with Crippen molar-refractivity contribution in [1.29, 1.82) is 0 Å². The molecule has 18 heavy (non-hydrogen) atoms. The first kappa shape index (κ1) is 11.7. The lowest BCUT2D eigenvalue weighted by molar-refractivity contribution is 0.281. The van der Waals surface area contributed by atoms with Crippen LogP contribution in [0.5, 0.6) is 0 Å². The van der Waals surface area contributed by atoms with Crippen molar-refractivity contribution in [2.45, 2.75) is 46.1 Å². The molecule has 0 fully saturated rings. The smallest absolute Gasteiger partial charge is 0.0740 e. The van der Waals surface area contributed by atoms with Gasteiger partial charge in [-0.1, -0.05) is 12.1 Å². The van der Waals surface area contributed by atoms with Gasteiger partial charge in [0.2, 0.25) is 0 Å². The highest BCUT2D eigenvalue weighted by Gasteiger charge is 2.18. The summed E-state index contributed by atoms with van der Waals surface area (Å²) in [5, 5.41) is 10.9. The second-order valence-electron chi connectivity index (χ2n) is 5.28. The Morgan fingerprint density at radius 2 is 1.94 bits per heavy atom. The van der Waals surface area contributed by atoms with E-state index in [0.717, 1.165) is 29.3 Å². The first-order chi connectivity index (χ1) is 8.72. The molecule has 0 amide bonds. The third kappa shape index (κ3) is 1.64. The van der Waals surface area contributed by atoms with Gasteiger partial charge in [-0.15, -0.1) is 0 Å². The number of aliphatic hydroxyl groups excluding tert-OH is 1. The maximum absolute atomic E-state index is 9.72. The lowest BCUT2D eigenvalue weighted by Gasteiger charge is -2.20. The second kappa shape index (κ2) is 4.36. The van der Waals surface area contributed by atoms with E-state index in [-0.39, 0.29) is 6.61 Å². The summed E-state index contributed by atoms with van der Waals surface area (Å²) in [6.07, 6.45) is 4.58. The third-order valence-electron chi connectivity index (χ3n) is 4.23. The van der Waals surface area contributed by atoms with Gasteiger partial charge in [-0.25, -0.2) is 0 Å². The van der Waals surface area contributed by atoms with Gasteiger partial charge in [0, 0.05) is 11.1 Å². The summed E-state index contributed by atoms with van der Waals surface area (Å²) in [5.41, 5.74) is 7.23. The van der Waals surface area contributed by atoms with Crippen molar-refractivity contribution in [3.63, 3.8) is 0 Å². The lowest BCUT2D eigenvalue weighted by atomic mass is 9.89. The van der Waals surface area contributed by atoms with Gasteiger partial charge in [0.05, 0.1) is 12.1 Å². The number of pyridine rings is 1. The van der Waals surface area contributed by atoms with E-state index in [9.17, 15) is 5.11 Å². The zero-order valence-corrected chi connectivity index (χ0v) is 11.1. The molecule has 1 aromatic heterocycles. The van der Waals surface area contributed by atoms with Gasteiger partial charge in [0.15, 0.2) is 0 Å². The van der Waals surface area contributed by atoms with Crippen molar-refractivity contribution in [3.05, 3.63) is 40.1 Å². The molecule has 0 aliphatic heterocycles. The Morgan fingerprint density at radius 1 is 1.17 bits per heavy atom. The van der Waals surface area contributed by atoms with Crippen LogP contribution in [0, 0.1) is 13.8 Å². The van der Waals surface area contributed by atoms with Crippen LogP contribution in [0.1, 0.15) is 40.8 Å². The summed E-state index contributed by atoms with van der Waals surface area (Å²) in [5.74, 6) is 0. The zero-order valence-electron chi connectivity index (χ0n) is 11.1. The van der Waals surface area contributed by atoms with E-state index in [1.165, 1.54) is 35.2 Å². The Kier molecular flexibility index (Phi) is 2.83.